The van der Waals surface area contributed by atoms with Crippen LogP contribution in [0.1, 0.15) is 47.4 Å². The predicted octanol–water partition coefficient (Wildman–Crippen LogP) is 3.60. The summed E-state index contributed by atoms with van der Waals surface area (Å²) in [6.07, 6.45) is 2.37. The Morgan fingerprint density at radius 2 is 2.19 bits per heavy atom. The molecule has 0 radical (unpaired) electrons. The Labute approximate surface area is 129 Å². The fourth-order valence-corrected chi connectivity index (χ4v) is 2.57. The third kappa shape index (κ3) is 3.10. The van der Waals surface area contributed by atoms with Gasteiger partial charge in [0, 0.05) is 29.7 Å². The highest BCUT2D eigenvalue weighted by molar-refractivity contribution is 6.31. The second-order valence-electron chi connectivity index (χ2n) is 5.39. The highest BCUT2D eigenvalue weighted by atomic mass is 35.5. The van der Waals surface area contributed by atoms with Crippen LogP contribution in [0.5, 0.6) is 0 Å². The fourth-order valence-electron chi connectivity index (χ4n) is 2.37. The Morgan fingerprint density at radius 3 is 2.86 bits per heavy atom. The lowest BCUT2D eigenvalue weighted by molar-refractivity contribution is 0.0746. The lowest BCUT2D eigenvalue weighted by Gasteiger charge is -2.20. The number of aromatic amines is 1. The van der Waals surface area contributed by atoms with Gasteiger partial charge in [0.25, 0.3) is 5.91 Å². The molecule has 5 heteroatoms. The summed E-state index contributed by atoms with van der Waals surface area (Å²) in [6.45, 7) is 3.08. The summed E-state index contributed by atoms with van der Waals surface area (Å²) in [5, 5.41) is 7.82. The zero-order chi connectivity index (χ0) is 14.8. The summed E-state index contributed by atoms with van der Waals surface area (Å²) in [7, 11) is 0. The van der Waals surface area contributed by atoms with Crippen LogP contribution in [-0.4, -0.2) is 27.5 Å². The summed E-state index contributed by atoms with van der Waals surface area (Å²) in [4.78, 5) is 14.3. The first-order valence-corrected chi connectivity index (χ1v) is 7.64. The molecular formula is C16H18ClN3O. The van der Waals surface area contributed by atoms with Crippen LogP contribution < -0.4 is 0 Å². The molecule has 1 heterocycles. The number of amides is 1. The number of hydrogen-bond donors (Lipinski definition) is 1. The minimum atomic E-state index is -0.0550. The average molecular weight is 304 g/mol. The van der Waals surface area contributed by atoms with E-state index in [4.69, 9.17) is 11.6 Å². The summed E-state index contributed by atoms with van der Waals surface area (Å²) in [6, 6.07) is 9.49. The van der Waals surface area contributed by atoms with Crippen molar-refractivity contribution in [2.45, 2.75) is 32.2 Å². The molecule has 3 rings (SSSR count). The van der Waals surface area contributed by atoms with E-state index in [0.29, 0.717) is 29.7 Å². The Kier molecular flexibility index (Phi) is 3.97. The van der Waals surface area contributed by atoms with Crippen molar-refractivity contribution in [1.29, 1.82) is 0 Å². The number of nitrogens with one attached hydrogen (secondary N) is 1. The Morgan fingerprint density at radius 1 is 1.43 bits per heavy atom. The number of hydrogen-bond acceptors (Lipinski definition) is 2. The molecule has 4 nitrogen and oxygen atoms in total. The largest absolute Gasteiger partial charge is 0.333 e. The van der Waals surface area contributed by atoms with E-state index in [2.05, 4.69) is 10.2 Å². The van der Waals surface area contributed by atoms with Crippen molar-refractivity contribution < 1.29 is 4.79 Å². The first-order chi connectivity index (χ1) is 10.2. The molecule has 1 saturated carbocycles. The van der Waals surface area contributed by atoms with Gasteiger partial charge in [0.2, 0.25) is 0 Å². The summed E-state index contributed by atoms with van der Waals surface area (Å²) < 4.78 is 0. The molecule has 110 valence electrons. The first-order valence-electron chi connectivity index (χ1n) is 7.27. The fraction of sp³-hybridized carbons (Fsp3) is 0.375. The molecule has 1 N–H and O–H groups in total. The van der Waals surface area contributed by atoms with Gasteiger partial charge >= 0.3 is 0 Å². The molecule has 0 bridgehead atoms. The molecule has 1 fully saturated rings. The quantitative estimate of drug-likeness (QED) is 0.917. The Bertz CT molecular complexity index is 648. The van der Waals surface area contributed by atoms with Gasteiger partial charge in [0.15, 0.2) is 0 Å². The molecule has 0 aliphatic heterocycles. The number of carbonyl (C=O) groups excluding carboxylic acids is 1. The molecule has 1 aliphatic rings. The molecule has 21 heavy (non-hydrogen) atoms. The van der Waals surface area contributed by atoms with Gasteiger partial charge in [-0.2, -0.15) is 5.10 Å². The van der Waals surface area contributed by atoms with Gasteiger partial charge in [-0.05, 0) is 37.5 Å². The van der Waals surface area contributed by atoms with Crippen LogP contribution >= 0.6 is 11.6 Å². The van der Waals surface area contributed by atoms with Crippen LogP contribution in [0.15, 0.2) is 30.3 Å². The van der Waals surface area contributed by atoms with Gasteiger partial charge in [-0.15, -0.1) is 0 Å². The van der Waals surface area contributed by atoms with E-state index in [1.54, 1.807) is 4.90 Å². The van der Waals surface area contributed by atoms with Crippen molar-refractivity contribution in [1.82, 2.24) is 15.1 Å². The maximum Gasteiger partial charge on any atom is 0.274 e. The van der Waals surface area contributed by atoms with E-state index in [1.165, 1.54) is 12.8 Å². The van der Waals surface area contributed by atoms with Gasteiger partial charge in [-0.3, -0.25) is 9.89 Å². The third-order valence-corrected chi connectivity index (χ3v) is 4.19. The SMILES string of the molecule is CCN(Cc1ccccc1Cl)C(=O)c1cc(C2CC2)[nH]n1. The smallest absolute Gasteiger partial charge is 0.274 e. The van der Waals surface area contributed by atoms with E-state index in [9.17, 15) is 4.79 Å². The topological polar surface area (TPSA) is 49.0 Å². The molecule has 1 amide bonds. The zero-order valence-electron chi connectivity index (χ0n) is 12.0. The number of halogens is 1. The number of benzene rings is 1. The standard InChI is InChI=1S/C16H18ClN3O/c1-2-20(10-12-5-3-4-6-13(12)17)16(21)15-9-14(18-19-15)11-7-8-11/h3-6,9,11H,2,7-8,10H2,1H3,(H,18,19). The highest BCUT2D eigenvalue weighted by Crippen LogP contribution is 2.39. The first kappa shape index (κ1) is 14.1. The normalized spacial score (nSPS) is 14.2. The molecule has 1 aromatic carbocycles. The Balaban J connectivity index is 1.75. The molecule has 0 spiro atoms. The van der Waals surface area contributed by atoms with E-state index in [1.807, 2.05) is 37.3 Å². The number of nitrogens with zero attached hydrogens (tertiary/aromatic N) is 2. The van der Waals surface area contributed by atoms with Gasteiger partial charge in [0.1, 0.15) is 5.69 Å². The van der Waals surface area contributed by atoms with E-state index < -0.39 is 0 Å². The van der Waals surface area contributed by atoms with E-state index >= 15 is 0 Å². The van der Waals surface area contributed by atoms with Crippen molar-refractivity contribution in [2.24, 2.45) is 0 Å². The zero-order valence-corrected chi connectivity index (χ0v) is 12.7. The van der Waals surface area contributed by atoms with Crippen molar-refractivity contribution in [3.63, 3.8) is 0 Å². The highest BCUT2D eigenvalue weighted by Gasteiger charge is 2.27. The van der Waals surface area contributed by atoms with Crippen LogP contribution in [-0.2, 0) is 6.54 Å². The average Bonchev–Trinajstić information content (AvgIpc) is 3.23. The number of carbonyl (C=O) groups is 1. The van der Waals surface area contributed by atoms with Crippen LogP contribution in [0.4, 0.5) is 0 Å². The summed E-state index contributed by atoms with van der Waals surface area (Å²) >= 11 is 6.17. The lowest BCUT2D eigenvalue weighted by Crippen LogP contribution is -2.30. The summed E-state index contributed by atoms with van der Waals surface area (Å²) in [5.41, 5.74) is 2.52. The Hall–Kier alpha value is -1.81. The number of aromatic nitrogens is 2. The van der Waals surface area contributed by atoms with Crippen LogP contribution in [0.25, 0.3) is 0 Å². The number of rotatable bonds is 5. The van der Waals surface area contributed by atoms with Crippen molar-refractivity contribution in [3.05, 3.63) is 52.3 Å². The van der Waals surface area contributed by atoms with E-state index in [0.717, 1.165) is 11.3 Å². The van der Waals surface area contributed by atoms with Gasteiger partial charge in [-0.1, -0.05) is 29.8 Å². The van der Waals surface area contributed by atoms with Crippen LogP contribution in [0.2, 0.25) is 5.02 Å². The van der Waals surface area contributed by atoms with Gasteiger partial charge < -0.3 is 4.90 Å². The minimum Gasteiger partial charge on any atom is -0.333 e. The van der Waals surface area contributed by atoms with Crippen LogP contribution in [0, 0.1) is 0 Å². The molecule has 1 aromatic heterocycles. The molecular weight excluding hydrogens is 286 g/mol. The monoisotopic (exact) mass is 303 g/mol. The van der Waals surface area contributed by atoms with Gasteiger partial charge in [-0.25, -0.2) is 0 Å². The second kappa shape index (κ2) is 5.90. The molecule has 0 saturated heterocycles. The lowest BCUT2D eigenvalue weighted by atomic mass is 10.2. The summed E-state index contributed by atoms with van der Waals surface area (Å²) in [5.74, 6) is 0.512. The maximum absolute atomic E-state index is 12.5. The maximum atomic E-state index is 12.5. The molecule has 0 unspecified atom stereocenters. The van der Waals surface area contributed by atoms with Crippen molar-refractivity contribution in [2.75, 3.05) is 6.54 Å². The third-order valence-electron chi connectivity index (χ3n) is 3.82. The van der Waals surface area contributed by atoms with Crippen molar-refractivity contribution in [3.8, 4) is 0 Å². The molecule has 0 atom stereocenters. The van der Waals surface area contributed by atoms with E-state index in [-0.39, 0.29) is 5.91 Å². The number of H-pyrrole nitrogens is 1. The van der Waals surface area contributed by atoms with Crippen molar-refractivity contribution >= 4 is 17.5 Å². The minimum absolute atomic E-state index is 0.0550. The molecule has 1 aliphatic carbocycles. The molecule has 2 aromatic rings. The van der Waals surface area contributed by atoms with Crippen LogP contribution in [0.3, 0.4) is 0 Å². The second-order valence-corrected chi connectivity index (χ2v) is 5.80. The predicted molar refractivity (Wildman–Crippen MR) is 82.4 cm³/mol. The van der Waals surface area contributed by atoms with Gasteiger partial charge in [0.05, 0.1) is 0 Å².